The van der Waals surface area contributed by atoms with Gasteiger partial charge in [-0.05, 0) is 49.9 Å². The molecule has 0 saturated carbocycles. The molecule has 0 unspecified atom stereocenters. The van der Waals surface area contributed by atoms with E-state index in [2.05, 4.69) is 5.32 Å². The van der Waals surface area contributed by atoms with Gasteiger partial charge in [-0.2, -0.15) is 13.2 Å². The monoisotopic (exact) mass is 464 g/mol. The summed E-state index contributed by atoms with van der Waals surface area (Å²) in [4.78, 5) is 11.7. The van der Waals surface area contributed by atoms with E-state index < -0.39 is 28.9 Å². The maximum atomic E-state index is 13.3. The Balaban J connectivity index is 1.84. The summed E-state index contributed by atoms with van der Waals surface area (Å²) in [6, 6.07) is 13.5. The van der Waals surface area contributed by atoms with E-state index >= 15 is 0 Å². The molecule has 0 aromatic heterocycles. The van der Waals surface area contributed by atoms with E-state index in [1.54, 1.807) is 19.9 Å². The lowest BCUT2D eigenvalue weighted by Crippen LogP contribution is -2.60. The number of halogens is 3. The van der Waals surface area contributed by atoms with Crippen LogP contribution in [0.2, 0.25) is 0 Å². The van der Waals surface area contributed by atoms with Gasteiger partial charge in [-0.25, -0.2) is 0 Å². The van der Waals surface area contributed by atoms with Crippen LogP contribution in [0.5, 0.6) is 0 Å². The first-order valence-corrected chi connectivity index (χ1v) is 11.3. The Kier molecular flexibility index (Phi) is 7.49. The molecule has 0 amide bonds. The Morgan fingerprint density at radius 2 is 1.88 bits per heavy atom. The van der Waals surface area contributed by atoms with Crippen LogP contribution in [0.15, 0.2) is 48.5 Å². The summed E-state index contributed by atoms with van der Waals surface area (Å²) in [5.41, 5.74) is -0.454. The molecule has 2 aromatic carbocycles. The summed E-state index contributed by atoms with van der Waals surface area (Å²) in [6.45, 7) is 5.70. The molecule has 0 radical (unpaired) electrons. The molecule has 33 heavy (non-hydrogen) atoms. The molecular formula is C25H31F3N2O3. The topological polar surface area (TPSA) is 64.4 Å². The first kappa shape index (κ1) is 25.2. The third-order valence-electron chi connectivity index (χ3n) is 6.68. The number of rotatable bonds is 8. The van der Waals surface area contributed by atoms with Crippen LogP contribution >= 0.6 is 0 Å². The van der Waals surface area contributed by atoms with E-state index in [9.17, 15) is 23.3 Å². The van der Waals surface area contributed by atoms with Gasteiger partial charge in [-0.1, -0.05) is 48.9 Å². The Bertz CT molecular complexity index is 955. The number of nitrogens with zero attached hydrogens (tertiary/aromatic N) is 1. The molecule has 180 valence electrons. The summed E-state index contributed by atoms with van der Waals surface area (Å²) >= 11 is 0. The van der Waals surface area contributed by atoms with Crippen molar-refractivity contribution in [1.82, 2.24) is 5.32 Å². The molecule has 0 aliphatic carbocycles. The molecule has 1 aliphatic heterocycles. The molecule has 5 nitrogen and oxygen atoms in total. The summed E-state index contributed by atoms with van der Waals surface area (Å²) in [5, 5.41) is 15.3. The zero-order chi connectivity index (χ0) is 24.3. The van der Waals surface area contributed by atoms with Crippen molar-refractivity contribution < 1.29 is 22.8 Å². The zero-order valence-corrected chi connectivity index (χ0v) is 19.2. The molecule has 0 spiro atoms. The van der Waals surface area contributed by atoms with Gasteiger partial charge in [0, 0.05) is 17.8 Å². The molecule has 1 saturated heterocycles. The number of hydrogen-bond donors (Lipinski definition) is 1. The molecule has 0 bridgehead atoms. The fourth-order valence-electron chi connectivity index (χ4n) is 4.67. The predicted molar refractivity (Wildman–Crippen MR) is 121 cm³/mol. The van der Waals surface area contributed by atoms with Crippen molar-refractivity contribution in [3.8, 4) is 0 Å². The molecule has 1 heterocycles. The van der Waals surface area contributed by atoms with Crippen LogP contribution in [-0.4, -0.2) is 23.6 Å². The first-order valence-electron chi connectivity index (χ1n) is 11.3. The lowest BCUT2D eigenvalue weighted by molar-refractivity contribution is -0.573. The number of alkyl halides is 3. The van der Waals surface area contributed by atoms with E-state index in [0.717, 1.165) is 17.7 Å². The van der Waals surface area contributed by atoms with Gasteiger partial charge in [0.05, 0.1) is 30.4 Å². The van der Waals surface area contributed by atoms with Gasteiger partial charge in [0.15, 0.2) is 0 Å². The zero-order valence-electron chi connectivity index (χ0n) is 19.2. The van der Waals surface area contributed by atoms with Gasteiger partial charge in [0.25, 0.3) is 0 Å². The Labute approximate surface area is 192 Å². The molecule has 3 rings (SSSR count). The third kappa shape index (κ3) is 5.55. The van der Waals surface area contributed by atoms with Gasteiger partial charge >= 0.3 is 6.18 Å². The Hall–Kier alpha value is -2.45. The van der Waals surface area contributed by atoms with Gasteiger partial charge < -0.3 is 4.74 Å². The van der Waals surface area contributed by atoms with Gasteiger partial charge in [0.1, 0.15) is 0 Å². The second-order valence-electron chi connectivity index (χ2n) is 9.12. The van der Waals surface area contributed by atoms with E-state index in [0.29, 0.717) is 36.8 Å². The number of aryl methyl sites for hydroxylation is 1. The number of piperidine rings is 1. The fourth-order valence-corrected chi connectivity index (χ4v) is 4.67. The van der Waals surface area contributed by atoms with E-state index in [4.69, 9.17) is 4.74 Å². The third-order valence-corrected chi connectivity index (χ3v) is 6.68. The van der Waals surface area contributed by atoms with Crippen LogP contribution in [-0.2, 0) is 16.5 Å². The fraction of sp³-hybridized carbons (Fsp3) is 0.520. The first-order chi connectivity index (χ1) is 15.5. The van der Waals surface area contributed by atoms with Crippen molar-refractivity contribution >= 4 is 0 Å². The van der Waals surface area contributed by atoms with Crippen molar-refractivity contribution in [2.45, 2.75) is 69.8 Å². The lowest BCUT2D eigenvalue weighted by atomic mass is 9.75. The SMILES string of the molecule is CCC[C@@]1([N+](=O)[O-])CC[C@@](CO[C@H](C)c2cc(C)cc(C(F)(F)F)c2)(c2ccccc2)NC1. The normalized spacial score (nSPS) is 24.4. The smallest absolute Gasteiger partial charge is 0.372 e. The van der Waals surface area contributed by atoms with Crippen LogP contribution in [0, 0.1) is 17.0 Å². The van der Waals surface area contributed by atoms with Crippen molar-refractivity contribution in [3.05, 3.63) is 80.9 Å². The maximum absolute atomic E-state index is 13.3. The maximum Gasteiger partial charge on any atom is 0.416 e. The molecule has 3 atom stereocenters. The van der Waals surface area contributed by atoms with Gasteiger partial charge in [0.2, 0.25) is 5.54 Å². The highest BCUT2D eigenvalue weighted by molar-refractivity contribution is 5.32. The minimum absolute atomic E-state index is 0.173. The lowest BCUT2D eigenvalue weighted by Gasteiger charge is -2.44. The quantitative estimate of drug-likeness (QED) is 0.374. The average Bonchev–Trinajstić information content (AvgIpc) is 2.78. The molecule has 1 fully saturated rings. The minimum atomic E-state index is -4.43. The van der Waals surface area contributed by atoms with Crippen LogP contribution in [0.25, 0.3) is 0 Å². The van der Waals surface area contributed by atoms with Crippen molar-refractivity contribution in [1.29, 1.82) is 0 Å². The predicted octanol–water partition coefficient (Wildman–Crippen LogP) is 6.19. The minimum Gasteiger partial charge on any atom is -0.372 e. The van der Waals surface area contributed by atoms with E-state index in [1.165, 1.54) is 0 Å². The summed E-state index contributed by atoms with van der Waals surface area (Å²) in [6.07, 6.45) is -2.92. The number of nitro groups is 1. The standard InChI is InChI=1S/C25H31F3N2O3/c1-4-10-23(30(31)32)11-12-24(29-16-23,21-8-6-5-7-9-21)17-33-19(3)20-13-18(2)14-22(15-20)25(26,27)28/h5-9,13-15,19,29H,4,10-12,16-17H2,1-3H3/t19-,23-,24-/m1/s1. The van der Waals surface area contributed by atoms with E-state index in [-0.39, 0.29) is 18.1 Å². The highest BCUT2D eigenvalue weighted by Crippen LogP contribution is 2.39. The second-order valence-corrected chi connectivity index (χ2v) is 9.12. The highest BCUT2D eigenvalue weighted by Gasteiger charge is 2.50. The number of ether oxygens (including phenoxy) is 1. The van der Waals surface area contributed by atoms with Crippen LogP contribution in [0.1, 0.15) is 67.9 Å². The molecular weight excluding hydrogens is 433 g/mol. The van der Waals surface area contributed by atoms with Crippen LogP contribution in [0.4, 0.5) is 13.2 Å². The molecule has 1 N–H and O–H groups in total. The number of hydrogen-bond acceptors (Lipinski definition) is 4. The van der Waals surface area contributed by atoms with Gasteiger partial charge in [-0.3, -0.25) is 15.4 Å². The van der Waals surface area contributed by atoms with Crippen LogP contribution in [0.3, 0.4) is 0 Å². The summed E-state index contributed by atoms with van der Waals surface area (Å²) in [5.74, 6) is 0. The Morgan fingerprint density at radius 3 is 2.42 bits per heavy atom. The summed E-state index contributed by atoms with van der Waals surface area (Å²) < 4.78 is 45.9. The largest absolute Gasteiger partial charge is 0.416 e. The number of benzene rings is 2. The highest BCUT2D eigenvalue weighted by atomic mass is 19.4. The van der Waals surface area contributed by atoms with Crippen molar-refractivity contribution in [2.75, 3.05) is 13.2 Å². The van der Waals surface area contributed by atoms with E-state index in [1.807, 2.05) is 37.3 Å². The average molecular weight is 465 g/mol. The van der Waals surface area contributed by atoms with Crippen molar-refractivity contribution in [2.24, 2.45) is 0 Å². The molecule has 1 aliphatic rings. The van der Waals surface area contributed by atoms with Crippen molar-refractivity contribution in [3.63, 3.8) is 0 Å². The molecule has 2 aromatic rings. The number of nitrogens with one attached hydrogen (secondary N) is 1. The summed E-state index contributed by atoms with van der Waals surface area (Å²) in [7, 11) is 0. The molecule has 8 heteroatoms. The Morgan fingerprint density at radius 1 is 1.18 bits per heavy atom. The second kappa shape index (κ2) is 9.81. The van der Waals surface area contributed by atoms with Gasteiger partial charge in [-0.15, -0.1) is 0 Å². The van der Waals surface area contributed by atoms with Crippen LogP contribution < -0.4 is 5.32 Å².